The van der Waals surface area contributed by atoms with Crippen LogP contribution in [0.3, 0.4) is 0 Å². The highest BCUT2D eigenvalue weighted by atomic mass is 35.5. The van der Waals surface area contributed by atoms with Crippen molar-refractivity contribution < 1.29 is 27.4 Å². The third-order valence-corrected chi connectivity index (χ3v) is 6.53. The first-order chi connectivity index (χ1) is 14.8. The molecule has 8 nitrogen and oxygen atoms in total. The molecule has 2 aromatic rings. The van der Waals surface area contributed by atoms with Crippen LogP contribution in [0.2, 0.25) is 5.02 Å². The molecular formula is C21H25ClN2O6S. The number of ether oxygens (including phenoxy) is 3. The fourth-order valence-corrected chi connectivity index (χ4v) is 4.49. The highest BCUT2D eigenvalue weighted by Crippen LogP contribution is 2.30. The number of rotatable bonds is 8. The van der Waals surface area contributed by atoms with Crippen molar-refractivity contribution in [1.29, 1.82) is 0 Å². The van der Waals surface area contributed by atoms with E-state index in [-0.39, 0.29) is 36.4 Å². The van der Waals surface area contributed by atoms with E-state index < -0.39 is 15.9 Å². The number of amides is 1. The van der Waals surface area contributed by atoms with Gasteiger partial charge in [0.1, 0.15) is 11.5 Å². The molecule has 1 fully saturated rings. The maximum Gasteiger partial charge on any atom is 0.262 e. The van der Waals surface area contributed by atoms with Gasteiger partial charge in [-0.05, 0) is 56.3 Å². The number of anilines is 1. The first-order valence-corrected chi connectivity index (χ1v) is 11.6. The Kier molecular flexibility index (Phi) is 7.77. The Morgan fingerprint density at radius 1 is 1.16 bits per heavy atom. The molecule has 1 amide bonds. The van der Waals surface area contributed by atoms with E-state index in [2.05, 4.69) is 5.32 Å². The van der Waals surface area contributed by atoms with Gasteiger partial charge in [-0.1, -0.05) is 11.6 Å². The maximum absolute atomic E-state index is 13.0. The van der Waals surface area contributed by atoms with E-state index in [1.165, 1.54) is 16.4 Å². The monoisotopic (exact) mass is 468 g/mol. The van der Waals surface area contributed by atoms with Crippen molar-refractivity contribution in [2.45, 2.75) is 24.8 Å². The van der Waals surface area contributed by atoms with Gasteiger partial charge in [0.2, 0.25) is 10.0 Å². The number of nitrogens with zero attached hydrogens (tertiary/aromatic N) is 1. The molecule has 0 atom stereocenters. The van der Waals surface area contributed by atoms with E-state index in [9.17, 15) is 13.2 Å². The molecule has 1 heterocycles. The fraction of sp³-hybridized carbons (Fsp3) is 0.381. The Labute approximate surface area is 187 Å². The van der Waals surface area contributed by atoms with Gasteiger partial charge in [0.15, 0.2) is 6.61 Å². The number of carbonyl (C=O) groups excluding carboxylic acids is 1. The van der Waals surface area contributed by atoms with Gasteiger partial charge in [0, 0.05) is 18.1 Å². The molecule has 10 heteroatoms. The predicted molar refractivity (Wildman–Crippen MR) is 117 cm³/mol. The quantitative estimate of drug-likeness (QED) is 0.639. The molecule has 1 saturated heterocycles. The highest BCUT2D eigenvalue weighted by Gasteiger charge is 2.27. The van der Waals surface area contributed by atoms with Crippen LogP contribution in [0.5, 0.6) is 11.5 Å². The number of benzene rings is 2. The summed E-state index contributed by atoms with van der Waals surface area (Å²) in [5, 5.41) is 3.25. The van der Waals surface area contributed by atoms with Gasteiger partial charge in [0.05, 0.1) is 29.9 Å². The summed E-state index contributed by atoms with van der Waals surface area (Å²) in [6, 6.07) is 11.0. The third kappa shape index (κ3) is 6.33. The summed E-state index contributed by atoms with van der Waals surface area (Å²) in [5.74, 6) is 0.405. The standard InChI is InChI=1S/C21H25ClN2O6S/c1-15(2)30-20-8-7-18(31(26,27)24-9-11-28-12-10-24)13-19(20)23-21(25)14-29-17-5-3-16(22)4-6-17/h3-8,13,15H,9-12,14H2,1-2H3,(H,23,25). The zero-order valence-electron chi connectivity index (χ0n) is 17.3. The van der Waals surface area contributed by atoms with Crippen molar-refractivity contribution in [2.75, 3.05) is 38.2 Å². The Hall–Kier alpha value is -2.33. The Morgan fingerprint density at radius 2 is 1.84 bits per heavy atom. The van der Waals surface area contributed by atoms with E-state index in [0.29, 0.717) is 29.7 Å². The van der Waals surface area contributed by atoms with Crippen LogP contribution >= 0.6 is 11.6 Å². The summed E-state index contributed by atoms with van der Waals surface area (Å²) >= 11 is 5.84. The average Bonchev–Trinajstić information content (AvgIpc) is 2.75. The number of hydrogen-bond donors (Lipinski definition) is 1. The minimum Gasteiger partial charge on any atom is -0.489 e. The van der Waals surface area contributed by atoms with E-state index >= 15 is 0 Å². The van der Waals surface area contributed by atoms with Crippen LogP contribution < -0.4 is 14.8 Å². The van der Waals surface area contributed by atoms with Crippen molar-refractivity contribution >= 4 is 33.2 Å². The fourth-order valence-electron chi connectivity index (χ4n) is 2.93. The number of morpholine rings is 1. The first-order valence-electron chi connectivity index (χ1n) is 9.82. The van der Waals surface area contributed by atoms with Gasteiger partial charge in [-0.15, -0.1) is 0 Å². The Bertz CT molecular complexity index is 1010. The molecule has 31 heavy (non-hydrogen) atoms. The van der Waals surface area contributed by atoms with Crippen LogP contribution in [0.4, 0.5) is 5.69 Å². The number of sulfonamides is 1. The SMILES string of the molecule is CC(C)Oc1ccc(S(=O)(=O)N2CCOCC2)cc1NC(=O)COc1ccc(Cl)cc1. The molecule has 3 rings (SSSR count). The van der Waals surface area contributed by atoms with E-state index in [4.69, 9.17) is 25.8 Å². The van der Waals surface area contributed by atoms with Gasteiger partial charge >= 0.3 is 0 Å². The minimum absolute atomic E-state index is 0.0689. The molecule has 1 aliphatic rings. The van der Waals surface area contributed by atoms with Crippen LogP contribution in [0.25, 0.3) is 0 Å². The van der Waals surface area contributed by atoms with E-state index in [1.54, 1.807) is 30.3 Å². The van der Waals surface area contributed by atoms with Crippen LogP contribution in [-0.4, -0.2) is 57.6 Å². The lowest BCUT2D eigenvalue weighted by Gasteiger charge is -2.26. The van der Waals surface area contributed by atoms with Crippen molar-refractivity contribution in [3.8, 4) is 11.5 Å². The largest absolute Gasteiger partial charge is 0.489 e. The maximum atomic E-state index is 13.0. The number of carbonyl (C=O) groups is 1. The van der Waals surface area contributed by atoms with Gasteiger partial charge < -0.3 is 19.5 Å². The van der Waals surface area contributed by atoms with Crippen molar-refractivity contribution in [3.05, 3.63) is 47.5 Å². The van der Waals surface area contributed by atoms with Gasteiger partial charge in [-0.25, -0.2) is 8.42 Å². The number of halogens is 1. The molecule has 0 saturated carbocycles. The Balaban J connectivity index is 1.78. The molecule has 0 radical (unpaired) electrons. The Morgan fingerprint density at radius 3 is 2.48 bits per heavy atom. The predicted octanol–water partition coefficient (Wildman–Crippen LogP) is 3.17. The van der Waals surface area contributed by atoms with Crippen LogP contribution in [0.1, 0.15) is 13.8 Å². The molecule has 2 aromatic carbocycles. The second kappa shape index (κ2) is 10.3. The normalized spacial score (nSPS) is 15.0. The molecular weight excluding hydrogens is 444 g/mol. The zero-order chi connectivity index (χ0) is 22.4. The summed E-state index contributed by atoms with van der Waals surface area (Å²) in [6.07, 6.45) is -0.164. The lowest BCUT2D eigenvalue weighted by Crippen LogP contribution is -2.40. The van der Waals surface area contributed by atoms with Crippen molar-refractivity contribution in [3.63, 3.8) is 0 Å². The lowest BCUT2D eigenvalue weighted by atomic mass is 10.3. The van der Waals surface area contributed by atoms with Crippen molar-refractivity contribution in [2.24, 2.45) is 0 Å². The molecule has 0 aromatic heterocycles. The van der Waals surface area contributed by atoms with E-state index in [1.807, 2.05) is 13.8 Å². The summed E-state index contributed by atoms with van der Waals surface area (Å²) in [4.78, 5) is 12.5. The molecule has 0 bridgehead atoms. The minimum atomic E-state index is -3.72. The molecule has 1 N–H and O–H groups in total. The summed E-state index contributed by atoms with van der Waals surface area (Å²) in [5.41, 5.74) is 0.257. The topological polar surface area (TPSA) is 94.2 Å². The average molecular weight is 469 g/mol. The molecule has 168 valence electrons. The van der Waals surface area contributed by atoms with Crippen LogP contribution in [-0.2, 0) is 19.6 Å². The van der Waals surface area contributed by atoms with Gasteiger partial charge in [0.25, 0.3) is 5.91 Å². The second-order valence-electron chi connectivity index (χ2n) is 7.13. The van der Waals surface area contributed by atoms with Crippen LogP contribution in [0.15, 0.2) is 47.4 Å². The van der Waals surface area contributed by atoms with Crippen LogP contribution in [0, 0.1) is 0 Å². The zero-order valence-corrected chi connectivity index (χ0v) is 18.9. The molecule has 0 aliphatic carbocycles. The summed E-state index contributed by atoms with van der Waals surface area (Å²) < 4.78 is 43.8. The molecule has 0 spiro atoms. The first kappa shape index (κ1) is 23.3. The summed E-state index contributed by atoms with van der Waals surface area (Å²) in [6.45, 7) is 4.68. The summed E-state index contributed by atoms with van der Waals surface area (Å²) in [7, 11) is -3.72. The number of hydrogen-bond acceptors (Lipinski definition) is 6. The third-order valence-electron chi connectivity index (χ3n) is 4.38. The molecule has 0 unspecified atom stereocenters. The highest BCUT2D eigenvalue weighted by molar-refractivity contribution is 7.89. The van der Waals surface area contributed by atoms with Gasteiger partial charge in [-0.3, -0.25) is 4.79 Å². The smallest absolute Gasteiger partial charge is 0.262 e. The van der Waals surface area contributed by atoms with Gasteiger partial charge in [-0.2, -0.15) is 4.31 Å². The lowest BCUT2D eigenvalue weighted by molar-refractivity contribution is -0.118. The van der Waals surface area contributed by atoms with E-state index in [0.717, 1.165) is 0 Å². The molecule has 1 aliphatic heterocycles. The van der Waals surface area contributed by atoms with Crippen molar-refractivity contribution in [1.82, 2.24) is 4.31 Å². The number of nitrogens with one attached hydrogen (secondary N) is 1. The second-order valence-corrected chi connectivity index (χ2v) is 9.51.